The van der Waals surface area contributed by atoms with Gasteiger partial charge >= 0.3 is 0 Å². The lowest BCUT2D eigenvalue weighted by Crippen LogP contribution is -2.44. The summed E-state index contributed by atoms with van der Waals surface area (Å²) in [7, 11) is 0. The van der Waals surface area contributed by atoms with Gasteiger partial charge in [-0.05, 0) is 49.2 Å². The van der Waals surface area contributed by atoms with Gasteiger partial charge in [0.2, 0.25) is 0 Å². The van der Waals surface area contributed by atoms with Gasteiger partial charge in [-0.1, -0.05) is 45.7 Å². The lowest BCUT2D eigenvalue weighted by Gasteiger charge is -2.31. The van der Waals surface area contributed by atoms with Gasteiger partial charge < -0.3 is 11.1 Å². The number of anilines is 1. The molecule has 106 valence electrons. The van der Waals surface area contributed by atoms with Crippen molar-refractivity contribution in [3.63, 3.8) is 0 Å². The van der Waals surface area contributed by atoms with Crippen molar-refractivity contribution < 1.29 is 0 Å². The Morgan fingerprint density at radius 1 is 1.20 bits per heavy atom. The van der Waals surface area contributed by atoms with E-state index in [2.05, 4.69) is 40.3 Å². The molecule has 2 rings (SSSR count). The molecule has 3 N–H and O–H groups in total. The second kappa shape index (κ2) is 6.61. The van der Waals surface area contributed by atoms with Gasteiger partial charge in [0, 0.05) is 21.7 Å². The normalized spacial score (nSPS) is 13.8. The van der Waals surface area contributed by atoms with Crippen LogP contribution in [0.15, 0.2) is 53.0 Å². The van der Waals surface area contributed by atoms with Gasteiger partial charge in [0.1, 0.15) is 0 Å². The second-order valence-corrected chi connectivity index (χ2v) is 6.56. The van der Waals surface area contributed by atoms with Crippen molar-refractivity contribution in [3.8, 4) is 0 Å². The van der Waals surface area contributed by atoms with E-state index in [1.807, 2.05) is 36.4 Å². The highest BCUT2D eigenvalue weighted by Gasteiger charge is 2.22. The van der Waals surface area contributed by atoms with Crippen LogP contribution < -0.4 is 11.1 Å². The fraction of sp³-hybridized carbons (Fsp3) is 0.250. The van der Waals surface area contributed by atoms with Crippen molar-refractivity contribution in [1.29, 1.82) is 0 Å². The molecule has 0 aliphatic heterocycles. The molecule has 4 heteroatoms. The van der Waals surface area contributed by atoms with Gasteiger partial charge in [-0.3, -0.25) is 0 Å². The number of nitrogens with one attached hydrogen (secondary N) is 1. The van der Waals surface area contributed by atoms with Crippen molar-refractivity contribution in [2.75, 3.05) is 11.9 Å². The molecular formula is C16H18BrClN2. The average Bonchev–Trinajstić information content (AvgIpc) is 2.41. The standard InChI is InChI=1S/C16H18BrClN2/c1-16(11-19,10-12-5-7-13(17)8-6-12)20-15-4-2-3-14(18)9-15/h2-9,20H,10-11,19H2,1H3. The zero-order valence-corrected chi connectivity index (χ0v) is 13.7. The maximum Gasteiger partial charge on any atom is 0.0507 e. The molecule has 0 aromatic heterocycles. The number of hydrogen-bond acceptors (Lipinski definition) is 2. The minimum atomic E-state index is -0.210. The third kappa shape index (κ3) is 4.23. The molecule has 2 aromatic rings. The minimum absolute atomic E-state index is 0.210. The van der Waals surface area contributed by atoms with Gasteiger partial charge in [0.15, 0.2) is 0 Å². The molecule has 0 aliphatic rings. The van der Waals surface area contributed by atoms with E-state index in [0.29, 0.717) is 6.54 Å². The number of rotatable bonds is 5. The molecule has 0 amide bonds. The highest BCUT2D eigenvalue weighted by Crippen LogP contribution is 2.22. The molecule has 20 heavy (non-hydrogen) atoms. The SMILES string of the molecule is CC(CN)(Cc1ccc(Br)cc1)Nc1cccc(Cl)c1. The highest BCUT2D eigenvalue weighted by molar-refractivity contribution is 9.10. The zero-order valence-electron chi connectivity index (χ0n) is 11.4. The topological polar surface area (TPSA) is 38.0 Å². The Morgan fingerprint density at radius 3 is 2.50 bits per heavy atom. The molecule has 1 atom stereocenters. The van der Waals surface area contributed by atoms with Crippen LogP contribution in [0.3, 0.4) is 0 Å². The van der Waals surface area contributed by atoms with Gasteiger partial charge in [0.25, 0.3) is 0 Å². The van der Waals surface area contributed by atoms with Crippen LogP contribution in [0.25, 0.3) is 0 Å². The molecule has 0 saturated heterocycles. The molecule has 0 saturated carbocycles. The molecular weight excluding hydrogens is 336 g/mol. The van der Waals surface area contributed by atoms with Crippen LogP contribution >= 0.6 is 27.5 Å². The van der Waals surface area contributed by atoms with Crippen molar-refractivity contribution in [1.82, 2.24) is 0 Å². The zero-order chi connectivity index (χ0) is 14.6. The third-order valence-corrected chi connectivity index (χ3v) is 3.99. The first-order chi connectivity index (χ1) is 9.50. The highest BCUT2D eigenvalue weighted by atomic mass is 79.9. The van der Waals surface area contributed by atoms with Crippen LogP contribution in [0.5, 0.6) is 0 Å². The molecule has 0 bridgehead atoms. The van der Waals surface area contributed by atoms with E-state index in [1.165, 1.54) is 5.56 Å². The van der Waals surface area contributed by atoms with E-state index < -0.39 is 0 Å². The van der Waals surface area contributed by atoms with Crippen molar-refractivity contribution >= 4 is 33.2 Å². The van der Waals surface area contributed by atoms with E-state index >= 15 is 0 Å². The summed E-state index contributed by atoms with van der Waals surface area (Å²) in [6.45, 7) is 2.66. The van der Waals surface area contributed by atoms with Crippen molar-refractivity contribution in [2.45, 2.75) is 18.9 Å². The van der Waals surface area contributed by atoms with Crippen LogP contribution in [-0.2, 0) is 6.42 Å². The first kappa shape index (κ1) is 15.4. The summed E-state index contributed by atoms with van der Waals surface area (Å²) in [6, 6.07) is 16.0. The summed E-state index contributed by atoms with van der Waals surface area (Å²) < 4.78 is 1.08. The first-order valence-corrected chi connectivity index (χ1v) is 7.66. The quantitative estimate of drug-likeness (QED) is 0.832. The molecule has 2 nitrogen and oxygen atoms in total. The summed E-state index contributed by atoms with van der Waals surface area (Å²) >= 11 is 9.47. The first-order valence-electron chi connectivity index (χ1n) is 6.49. The molecule has 2 aromatic carbocycles. The average molecular weight is 354 g/mol. The number of benzene rings is 2. The maximum atomic E-state index is 6.02. The monoisotopic (exact) mass is 352 g/mol. The molecule has 0 aliphatic carbocycles. The Kier molecular flexibility index (Phi) is 5.08. The number of nitrogens with two attached hydrogens (primary N) is 1. The van der Waals surface area contributed by atoms with Crippen LogP contribution in [0.2, 0.25) is 5.02 Å². The van der Waals surface area contributed by atoms with Gasteiger partial charge in [-0.2, -0.15) is 0 Å². The fourth-order valence-electron chi connectivity index (χ4n) is 2.13. The van der Waals surface area contributed by atoms with Gasteiger partial charge in [-0.25, -0.2) is 0 Å². The van der Waals surface area contributed by atoms with Crippen LogP contribution in [0.4, 0.5) is 5.69 Å². The van der Waals surface area contributed by atoms with E-state index in [4.69, 9.17) is 17.3 Å². The van der Waals surface area contributed by atoms with Crippen molar-refractivity contribution in [3.05, 3.63) is 63.6 Å². The lowest BCUT2D eigenvalue weighted by atomic mass is 9.92. The predicted molar refractivity (Wildman–Crippen MR) is 90.4 cm³/mol. The molecule has 0 heterocycles. The maximum absolute atomic E-state index is 6.02. The summed E-state index contributed by atoms with van der Waals surface area (Å²) in [4.78, 5) is 0. The van der Waals surface area contributed by atoms with Crippen LogP contribution in [0.1, 0.15) is 12.5 Å². The summed E-state index contributed by atoms with van der Waals surface area (Å²) in [5, 5.41) is 4.21. The molecule has 0 fully saturated rings. The van der Waals surface area contributed by atoms with Crippen LogP contribution in [-0.4, -0.2) is 12.1 Å². The Morgan fingerprint density at radius 2 is 1.90 bits per heavy atom. The number of halogens is 2. The molecule has 0 radical (unpaired) electrons. The Hall–Kier alpha value is -1.03. The summed E-state index contributed by atoms with van der Waals surface area (Å²) in [6.07, 6.45) is 0.850. The minimum Gasteiger partial charge on any atom is -0.378 e. The fourth-order valence-corrected chi connectivity index (χ4v) is 2.59. The van der Waals surface area contributed by atoms with E-state index in [-0.39, 0.29) is 5.54 Å². The molecule has 0 spiro atoms. The second-order valence-electron chi connectivity index (χ2n) is 5.20. The van der Waals surface area contributed by atoms with Gasteiger partial charge in [0.05, 0.1) is 5.54 Å². The Balaban J connectivity index is 2.14. The smallest absolute Gasteiger partial charge is 0.0507 e. The lowest BCUT2D eigenvalue weighted by molar-refractivity contribution is 0.521. The largest absolute Gasteiger partial charge is 0.378 e. The summed E-state index contributed by atoms with van der Waals surface area (Å²) in [5.74, 6) is 0. The van der Waals surface area contributed by atoms with E-state index in [0.717, 1.165) is 21.6 Å². The Labute approximate surface area is 133 Å². The van der Waals surface area contributed by atoms with Crippen LogP contribution in [0, 0.1) is 0 Å². The Bertz CT molecular complexity index is 571. The molecule has 1 unspecified atom stereocenters. The van der Waals surface area contributed by atoms with E-state index in [9.17, 15) is 0 Å². The third-order valence-electron chi connectivity index (χ3n) is 3.23. The predicted octanol–water partition coefficient (Wildman–Crippen LogP) is 4.47. The van der Waals surface area contributed by atoms with Crippen molar-refractivity contribution in [2.24, 2.45) is 5.73 Å². The van der Waals surface area contributed by atoms with Gasteiger partial charge in [-0.15, -0.1) is 0 Å². The number of hydrogen-bond donors (Lipinski definition) is 2. The summed E-state index contributed by atoms with van der Waals surface area (Å²) in [5.41, 5.74) is 7.99. The van der Waals surface area contributed by atoms with E-state index in [1.54, 1.807) is 0 Å².